The second-order valence-corrected chi connectivity index (χ2v) is 9.30. The summed E-state index contributed by atoms with van der Waals surface area (Å²) in [6.07, 6.45) is 3.15. The first-order valence-electron chi connectivity index (χ1n) is 10.6. The van der Waals surface area contributed by atoms with Crippen molar-refractivity contribution in [2.45, 2.75) is 6.92 Å². The molecule has 0 aliphatic carbocycles. The second kappa shape index (κ2) is 9.58. The molecule has 0 N–H and O–H groups in total. The normalized spacial score (nSPS) is 12.2. The third kappa shape index (κ3) is 4.43. The molecule has 2 aromatic carbocycles. The first-order valence-corrected chi connectivity index (χ1v) is 12.2. The van der Waals surface area contributed by atoms with Gasteiger partial charge in [-0.15, -0.1) is 11.3 Å². The Morgan fingerprint density at radius 3 is 2.60 bits per heavy atom. The van der Waals surface area contributed by atoms with E-state index in [2.05, 4.69) is 5.10 Å². The SMILES string of the molecule is Cc1c(N=c2scc(-c3cc(Cl)ccc3Cl)n2N=Cc2ccco2)c(=O)n(-c2ccccc2)n1C. The van der Waals surface area contributed by atoms with Crippen LogP contribution in [-0.2, 0) is 7.05 Å². The second-order valence-electron chi connectivity index (χ2n) is 7.62. The van der Waals surface area contributed by atoms with Gasteiger partial charge in [0.05, 0.1) is 34.6 Å². The van der Waals surface area contributed by atoms with Crippen LogP contribution in [0, 0.1) is 6.92 Å². The van der Waals surface area contributed by atoms with Gasteiger partial charge in [-0.25, -0.2) is 14.4 Å². The summed E-state index contributed by atoms with van der Waals surface area (Å²) < 4.78 is 10.4. The molecule has 0 unspecified atom stereocenters. The van der Waals surface area contributed by atoms with Crippen molar-refractivity contribution in [1.82, 2.24) is 14.0 Å². The van der Waals surface area contributed by atoms with Gasteiger partial charge in [-0.1, -0.05) is 41.4 Å². The van der Waals surface area contributed by atoms with Gasteiger partial charge in [0.25, 0.3) is 5.56 Å². The maximum absolute atomic E-state index is 13.4. The van der Waals surface area contributed by atoms with Crippen molar-refractivity contribution in [2.75, 3.05) is 0 Å². The fourth-order valence-electron chi connectivity index (χ4n) is 3.63. The zero-order valence-corrected chi connectivity index (χ0v) is 21.1. The minimum absolute atomic E-state index is 0.228. The highest BCUT2D eigenvalue weighted by molar-refractivity contribution is 7.07. The Kier molecular flexibility index (Phi) is 6.34. The summed E-state index contributed by atoms with van der Waals surface area (Å²) >= 11 is 14.1. The molecule has 5 aromatic rings. The third-order valence-corrected chi connectivity index (χ3v) is 6.85. The van der Waals surface area contributed by atoms with Crippen molar-refractivity contribution in [3.63, 3.8) is 0 Å². The summed E-state index contributed by atoms with van der Waals surface area (Å²) in [5.74, 6) is 0.570. The molecule has 0 amide bonds. The highest BCUT2D eigenvalue weighted by Crippen LogP contribution is 2.31. The number of para-hydroxylation sites is 1. The van der Waals surface area contributed by atoms with E-state index >= 15 is 0 Å². The van der Waals surface area contributed by atoms with Crippen LogP contribution in [0.2, 0.25) is 10.0 Å². The highest BCUT2D eigenvalue weighted by atomic mass is 35.5. The fourth-order valence-corrected chi connectivity index (χ4v) is 4.85. The Morgan fingerprint density at radius 1 is 1.06 bits per heavy atom. The van der Waals surface area contributed by atoms with E-state index in [0.717, 1.165) is 11.4 Å². The number of aromatic nitrogens is 3. The van der Waals surface area contributed by atoms with Crippen LogP contribution in [0.25, 0.3) is 16.9 Å². The molecule has 0 aliphatic rings. The maximum atomic E-state index is 13.4. The Hall–Kier alpha value is -3.59. The van der Waals surface area contributed by atoms with Gasteiger partial charge in [-0.2, -0.15) is 5.10 Å². The van der Waals surface area contributed by atoms with E-state index in [0.29, 0.717) is 37.6 Å². The third-order valence-electron chi connectivity index (χ3n) is 5.46. The summed E-state index contributed by atoms with van der Waals surface area (Å²) in [7, 11) is 1.83. The Labute approximate surface area is 214 Å². The molecule has 0 fully saturated rings. The van der Waals surface area contributed by atoms with Crippen LogP contribution < -0.4 is 10.4 Å². The number of hydrogen-bond acceptors (Lipinski definition) is 5. The van der Waals surface area contributed by atoms with Crippen molar-refractivity contribution < 1.29 is 4.42 Å². The zero-order chi connectivity index (χ0) is 24.5. The van der Waals surface area contributed by atoms with E-state index in [9.17, 15) is 4.79 Å². The number of thiazole rings is 1. The summed E-state index contributed by atoms with van der Waals surface area (Å²) in [5, 5.41) is 7.53. The van der Waals surface area contributed by atoms with Crippen molar-refractivity contribution in [2.24, 2.45) is 17.1 Å². The molecule has 10 heteroatoms. The fraction of sp³-hybridized carbons (Fsp3) is 0.0800. The van der Waals surface area contributed by atoms with Crippen molar-refractivity contribution in [3.05, 3.63) is 109 Å². The average Bonchev–Trinajstić information content (AvgIpc) is 3.56. The molecule has 0 atom stereocenters. The van der Waals surface area contributed by atoms with E-state index < -0.39 is 0 Å². The van der Waals surface area contributed by atoms with Gasteiger partial charge >= 0.3 is 0 Å². The average molecular weight is 524 g/mol. The van der Waals surface area contributed by atoms with Gasteiger partial charge in [-0.05, 0) is 49.4 Å². The van der Waals surface area contributed by atoms with Crippen LogP contribution in [0.3, 0.4) is 0 Å². The van der Waals surface area contributed by atoms with Gasteiger partial charge < -0.3 is 4.42 Å². The zero-order valence-electron chi connectivity index (χ0n) is 18.7. The van der Waals surface area contributed by atoms with Crippen molar-refractivity contribution in [1.29, 1.82) is 0 Å². The molecule has 5 rings (SSSR count). The molecule has 0 spiro atoms. The molecule has 0 saturated heterocycles. The molecule has 0 saturated carbocycles. The monoisotopic (exact) mass is 523 g/mol. The van der Waals surface area contributed by atoms with E-state index in [1.165, 1.54) is 11.3 Å². The number of halogens is 2. The topological polar surface area (TPSA) is 69.7 Å². The van der Waals surface area contributed by atoms with Gasteiger partial charge in [0.2, 0.25) is 4.80 Å². The van der Waals surface area contributed by atoms with Crippen LogP contribution in [-0.4, -0.2) is 20.3 Å². The number of nitrogens with zero attached hydrogens (tertiary/aromatic N) is 5. The number of rotatable bonds is 5. The van der Waals surface area contributed by atoms with Crippen LogP contribution in [0.4, 0.5) is 5.69 Å². The quantitative estimate of drug-likeness (QED) is 0.264. The Bertz CT molecular complexity index is 1660. The molecule has 3 aromatic heterocycles. The van der Waals surface area contributed by atoms with Crippen LogP contribution in [0.5, 0.6) is 0 Å². The van der Waals surface area contributed by atoms with Gasteiger partial charge in [0.1, 0.15) is 5.76 Å². The van der Waals surface area contributed by atoms with Crippen LogP contribution in [0.15, 0.2) is 91.6 Å². The predicted molar refractivity (Wildman–Crippen MR) is 140 cm³/mol. The van der Waals surface area contributed by atoms with Gasteiger partial charge in [0.15, 0.2) is 5.69 Å². The largest absolute Gasteiger partial charge is 0.463 e. The lowest BCUT2D eigenvalue weighted by atomic mass is 10.2. The van der Waals surface area contributed by atoms with Gasteiger partial charge in [0, 0.05) is 23.0 Å². The first-order chi connectivity index (χ1) is 16.9. The molecule has 0 aliphatic heterocycles. The van der Waals surface area contributed by atoms with E-state index in [1.54, 1.807) is 56.8 Å². The van der Waals surface area contributed by atoms with Crippen LogP contribution in [0.1, 0.15) is 11.5 Å². The molecule has 176 valence electrons. The standard InChI is InChI=1S/C25H19Cl2N5O2S/c1-16-23(24(33)32(30(16)2)18-7-4-3-5-8-18)29-25-31(28-14-19-9-6-12-34-19)22(15-35-25)20-13-17(26)10-11-21(20)27/h3-15H,1-2H3. The van der Waals surface area contributed by atoms with Crippen LogP contribution >= 0.6 is 34.5 Å². The molecular formula is C25H19Cl2N5O2S. The van der Waals surface area contributed by atoms with Gasteiger partial charge in [-0.3, -0.25) is 9.48 Å². The maximum Gasteiger partial charge on any atom is 0.297 e. The molecule has 0 radical (unpaired) electrons. The van der Waals surface area contributed by atoms with E-state index in [-0.39, 0.29) is 5.56 Å². The lowest BCUT2D eigenvalue weighted by Gasteiger charge is -2.07. The minimum Gasteiger partial charge on any atom is -0.463 e. The molecular weight excluding hydrogens is 505 g/mol. The number of hydrogen-bond donors (Lipinski definition) is 0. The summed E-state index contributed by atoms with van der Waals surface area (Å²) in [4.78, 5) is 18.6. The lowest BCUT2D eigenvalue weighted by Crippen LogP contribution is -2.19. The minimum atomic E-state index is -0.228. The molecule has 7 nitrogen and oxygen atoms in total. The highest BCUT2D eigenvalue weighted by Gasteiger charge is 2.17. The van der Waals surface area contributed by atoms with Crippen molar-refractivity contribution >= 4 is 46.4 Å². The summed E-state index contributed by atoms with van der Waals surface area (Å²) in [5.41, 5.74) is 2.94. The molecule has 0 bridgehead atoms. The van der Waals surface area contributed by atoms with E-state index in [4.69, 9.17) is 32.6 Å². The molecule has 35 heavy (non-hydrogen) atoms. The smallest absolute Gasteiger partial charge is 0.297 e. The predicted octanol–water partition coefficient (Wildman–Crippen LogP) is 6.03. The first kappa shape index (κ1) is 23.2. The summed E-state index contributed by atoms with van der Waals surface area (Å²) in [6.45, 7) is 1.86. The Morgan fingerprint density at radius 2 is 1.86 bits per heavy atom. The Balaban J connectivity index is 1.73. The van der Waals surface area contributed by atoms with E-state index in [1.807, 2.05) is 49.7 Å². The number of benzene rings is 2. The van der Waals surface area contributed by atoms with Crippen molar-refractivity contribution in [3.8, 4) is 16.9 Å². The number of furan rings is 1. The summed E-state index contributed by atoms with van der Waals surface area (Å²) in [6, 6.07) is 18.2. The molecule has 3 heterocycles. The lowest BCUT2D eigenvalue weighted by molar-refractivity contribution is 0.559.